The first-order valence-corrected chi connectivity index (χ1v) is 10.2. The fraction of sp³-hybridized carbons (Fsp3) is 0.312. The minimum absolute atomic E-state index is 0.111. The van der Waals surface area contributed by atoms with Crippen LogP contribution in [0.3, 0.4) is 0 Å². The normalized spacial score (nSPS) is 16.3. The van der Waals surface area contributed by atoms with Crippen LogP contribution in [0.15, 0.2) is 46.7 Å². The molecule has 6 nitrogen and oxygen atoms in total. The molecule has 0 bridgehead atoms. The Morgan fingerprint density at radius 2 is 1.67 bits per heavy atom. The Bertz CT molecular complexity index is 889. The first kappa shape index (κ1) is 19.6. The molecule has 1 fully saturated rings. The van der Waals surface area contributed by atoms with E-state index in [2.05, 4.69) is 4.74 Å². The standard InChI is InChI=1S/C16H15F3N2O4S2/c17-16(18,19)25-12-3-5-13(6-4-12)27(23,24)21-9-7-20(8-10-21)15(22)14-2-1-11-26-14/h1-6,11H,7-10H2. The maximum absolute atomic E-state index is 12.7. The molecule has 27 heavy (non-hydrogen) atoms. The van der Waals surface area contributed by atoms with Crippen LogP contribution in [0.1, 0.15) is 9.67 Å². The number of thiophene rings is 1. The average molecular weight is 420 g/mol. The maximum atomic E-state index is 12.7. The van der Waals surface area contributed by atoms with Crippen molar-refractivity contribution in [3.63, 3.8) is 0 Å². The van der Waals surface area contributed by atoms with Crippen molar-refractivity contribution in [2.24, 2.45) is 0 Å². The molecule has 11 heteroatoms. The minimum atomic E-state index is -4.84. The van der Waals surface area contributed by atoms with Crippen LogP contribution in [0.25, 0.3) is 0 Å². The molecule has 0 saturated carbocycles. The summed E-state index contributed by atoms with van der Waals surface area (Å²) in [6.07, 6.45) is -4.84. The van der Waals surface area contributed by atoms with Crippen LogP contribution in [-0.4, -0.2) is 56.1 Å². The smallest absolute Gasteiger partial charge is 0.406 e. The van der Waals surface area contributed by atoms with Gasteiger partial charge in [-0.05, 0) is 35.7 Å². The monoisotopic (exact) mass is 420 g/mol. The number of sulfonamides is 1. The number of ether oxygens (including phenoxy) is 1. The van der Waals surface area contributed by atoms with Crippen LogP contribution in [0.2, 0.25) is 0 Å². The van der Waals surface area contributed by atoms with E-state index in [-0.39, 0.29) is 37.0 Å². The number of hydrogen-bond acceptors (Lipinski definition) is 5. The largest absolute Gasteiger partial charge is 0.573 e. The van der Waals surface area contributed by atoms with Gasteiger partial charge in [0.2, 0.25) is 10.0 Å². The number of alkyl halides is 3. The highest BCUT2D eigenvalue weighted by Gasteiger charge is 2.33. The molecule has 1 amide bonds. The van der Waals surface area contributed by atoms with Crippen LogP contribution in [0.5, 0.6) is 5.75 Å². The Labute approximate surface area is 157 Å². The summed E-state index contributed by atoms with van der Waals surface area (Å²) in [4.78, 5) is 14.3. The molecule has 146 valence electrons. The number of carbonyl (C=O) groups is 1. The van der Waals surface area contributed by atoms with Crippen molar-refractivity contribution >= 4 is 27.3 Å². The number of amides is 1. The van der Waals surface area contributed by atoms with E-state index in [9.17, 15) is 26.4 Å². The van der Waals surface area contributed by atoms with Gasteiger partial charge in [0.05, 0.1) is 9.77 Å². The van der Waals surface area contributed by atoms with Gasteiger partial charge in [-0.1, -0.05) is 6.07 Å². The van der Waals surface area contributed by atoms with E-state index in [1.165, 1.54) is 15.6 Å². The van der Waals surface area contributed by atoms with Gasteiger partial charge in [-0.3, -0.25) is 4.79 Å². The van der Waals surface area contributed by atoms with Gasteiger partial charge in [-0.25, -0.2) is 8.42 Å². The first-order valence-electron chi connectivity index (χ1n) is 7.85. The van der Waals surface area contributed by atoms with Crippen LogP contribution >= 0.6 is 11.3 Å². The Balaban J connectivity index is 1.65. The van der Waals surface area contributed by atoms with Gasteiger partial charge in [-0.2, -0.15) is 4.31 Å². The van der Waals surface area contributed by atoms with Gasteiger partial charge in [-0.15, -0.1) is 24.5 Å². The zero-order chi connectivity index (χ0) is 19.7. The predicted molar refractivity (Wildman–Crippen MR) is 92.1 cm³/mol. The van der Waals surface area contributed by atoms with Gasteiger partial charge in [0, 0.05) is 26.2 Å². The van der Waals surface area contributed by atoms with Crippen molar-refractivity contribution in [1.82, 2.24) is 9.21 Å². The quantitative estimate of drug-likeness (QED) is 0.763. The van der Waals surface area contributed by atoms with Crippen molar-refractivity contribution in [1.29, 1.82) is 0 Å². The summed E-state index contributed by atoms with van der Waals surface area (Å²) in [7, 11) is -3.86. The second-order valence-corrected chi connectivity index (χ2v) is 8.58. The second-order valence-electron chi connectivity index (χ2n) is 5.69. The van der Waals surface area contributed by atoms with Crippen molar-refractivity contribution in [2.75, 3.05) is 26.2 Å². The topological polar surface area (TPSA) is 66.9 Å². The maximum Gasteiger partial charge on any atom is 0.573 e. The fourth-order valence-electron chi connectivity index (χ4n) is 2.65. The van der Waals surface area contributed by atoms with E-state index in [0.29, 0.717) is 4.88 Å². The predicted octanol–water partition coefficient (Wildman–Crippen LogP) is 2.79. The molecule has 0 atom stereocenters. The number of benzene rings is 1. The molecule has 0 N–H and O–H groups in total. The van der Waals surface area contributed by atoms with E-state index in [0.717, 1.165) is 24.3 Å². The number of halogens is 3. The average Bonchev–Trinajstić information content (AvgIpc) is 3.15. The SMILES string of the molecule is O=C(c1cccs1)N1CCN(S(=O)(=O)c2ccc(OC(F)(F)F)cc2)CC1. The van der Waals surface area contributed by atoms with Crippen LogP contribution < -0.4 is 4.74 Å². The summed E-state index contributed by atoms with van der Waals surface area (Å²) in [5.41, 5.74) is 0. The highest BCUT2D eigenvalue weighted by Crippen LogP contribution is 2.25. The molecule has 1 saturated heterocycles. The Kier molecular flexibility index (Phi) is 5.45. The number of piperazine rings is 1. The van der Waals surface area contributed by atoms with Crippen molar-refractivity contribution in [2.45, 2.75) is 11.3 Å². The lowest BCUT2D eigenvalue weighted by molar-refractivity contribution is -0.274. The number of carbonyl (C=O) groups excluding carboxylic acids is 1. The zero-order valence-electron chi connectivity index (χ0n) is 13.8. The summed E-state index contributed by atoms with van der Waals surface area (Å²) in [6, 6.07) is 7.53. The third kappa shape index (κ3) is 4.60. The van der Waals surface area contributed by atoms with E-state index in [1.807, 2.05) is 0 Å². The van der Waals surface area contributed by atoms with Gasteiger partial charge < -0.3 is 9.64 Å². The highest BCUT2D eigenvalue weighted by molar-refractivity contribution is 7.89. The molecule has 0 unspecified atom stereocenters. The van der Waals surface area contributed by atoms with Crippen LogP contribution in [-0.2, 0) is 10.0 Å². The lowest BCUT2D eigenvalue weighted by Crippen LogP contribution is -2.50. The molecule has 2 aromatic rings. The molecule has 0 radical (unpaired) electrons. The minimum Gasteiger partial charge on any atom is -0.406 e. The third-order valence-corrected chi connectivity index (χ3v) is 6.72. The van der Waals surface area contributed by atoms with Crippen molar-refractivity contribution in [3.8, 4) is 5.75 Å². The Morgan fingerprint density at radius 3 is 2.19 bits per heavy atom. The Morgan fingerprint density at radius 1 is 1.04 bits per heavy atom. The molecule has 0 spiro atoms. The number of rotatable bonds is 4. The lowest BCUT2D eigenvalue weighted by atomic mass is 10.3. The van der Waals surface area contributed by atoms with Crippen molar-refractivity contribution in [3.05, 3.63) is 46.7 Å². The molecule has 1 aliphatic heterocycles. The second kappa shape index (κ2) is 7.49. The summed E-state index contributed by atoms with van der Waals surface area (Å²) < 4.78 is 66.8. The van der Waals surface area contributed by atoms with E-state index >= 15 is 0 Å². The lowest BCUT2D eigenvalue weighted by Gasteiger charge is -2.33. The first-order chi connectivity index (χ1) is 12.7. The summed E-state index contributed by atoms with van der Waals surface area (Å²) in [6.45, 7) is 0.705. The van der Waals surface area contributed by atoms with Gasteiger partial charge in [0.1, 0.15) is 5.75 Å². The zero-order valence-corrected chi connectivity index (χ0v) is 15.5. The number of hydrogen-bond donors (Lipinski definition) is 0. The van der Waals surface area contributed by atoms with E-state index < -0.39 is 22.1 Å². The van der Waals surface area contributed by atoms with Gasteiger partial charge in [0.15, 0.2) is 0 Å². The van der Waals surface area contributed by atoms with E-state index in [4.69, 9.17) is 0 Å². The van der Waals surface area contributed by atoms with Gasteiger partial charge in [0.25, 0.3) is 5.91 Å². The molecule has 1 aromatic carbocycles. The van der Waals surface area contributed by atoms with Gasteiger partial charge >= 0.3 is 6.36 Å². The fourth-order valence-corrected chi connectivity index (χ4v) is 4.76. The third-order valence-electron chi connectivity index (χ3n) is 3.95. The Hall–Kier alpha value is -2.11. The molecule has 3 rings (SSSR count). The molecule has 0 aliphatic carbocycles. The number of nitrogens with zero attached hydrogens (tertiary/aromatic N) is 2. The molecule has 2 heterocycles. The van der Waals surface area contributed by atoms with Crippen LogP contribution in [0.4, 0.5) is 13.2 Å². The summed E-state index contributed by atoms with van der Waals surface area (Å²) in [5.74, 6) is -0.636. The molecule has 1 aromatic heterocycles. The molecular weight excluding hydrogens is 405 g/mol. The van der Waals surface area contributed by atoms with E-state index in [1.54, 1.807) is 22.4 Å². The highest BCUT2D eigenvalue weighted by atomic mass is 32.2. The molecule has 1 aliphatic rings. The van der Waals surface area contributed by atoms with Crippen LogP contribution in [0, 0.1) is 0 Å². The summed E-state index contributed by atoms with van der Waals surface area (Å²) >= 11 is 1.32. The molecular formula is C16H15F3N2O4S2. The summed E-state index contributed by atoms with van der Waals surface area (Å²) in [5, 5.41) is 1.79. The van der Waals surface area contributed by atoms with Crippen molar-refractivity contribution < 1.29 is 31.1 Å².